The highest BCUT2D eigenvalue weighted by molar-refractivity contribution is 6.12. The lowest BCUT2D eigenvalue weighted by Crippen LogP contribution is -2.20. The molecule has 160 valence electrons. The van der Waals surface area contributed by atoms with Crippen molar-refractivity contribution in [2.75, 3.05) is 19.0 Å². The standard InChI is InChI=1S/C25H20N2O5/c1-30-22-15-17(14-20-25(29)32-24(27-20)18-8-4-2-5-9-18)12-13-21(22)31-16-23(28)26-19-10-6-3-7-11-19/h2-15H,16H2,1H3,(H,26,28). The highest BCUT2D eigenvalue weighted by Crippen LogP contribution is 2.30. The van der Waals surface area contributed by atoms with Gasteiger partial charge in [0.2, 0.25) is 5.90 Å². The second-order valence-corrected chi connectivity index (χ2v) is 6.82. The van der Waals surface area contributed by atoms with Crippen molar-refractivity contribution in [3.8, 4) is 11.5 Å². The third-order valence-corrected chi connectivity index (χ3v) is 4.55. The monoisotopic (exact) mass is 428 g/mol. The first kappa shape index (κ1) is 20.9. The Labute approximate surface area is 185 Å². The maximum Gasteiger partial charge on any atom is 0.363 e. The second kappa shape index (κ2) is 9.61. The van der Waals surface area contributed by atoms with Crippen molar-refractivity contribution in [3.05, 3.63) is 95.7 Å². The van der Waals surface area contributed by atoms with Crippen molar-refractivity contribution in [3.63, 3.8) is 0 Å². The normalized spacial score (nSPS) is 14.0. The number of benzene rings is 3. The molecule has 4 rings (SSSR count). The zero-order valence-electron chi connectivity index (χ0n) is 17.3. The van der Waals surface area contributed by atoms with Crippen molar-refractivity contribution in [1.29, 1.82) is 0 Å². The molecule has 0 aromatic heterocycles. The molecule has 0 atom stereocenters. The van der Waals surface area contributed by atoms with Crippen LogP contribution in [0.5, 0.6) is 11.5 Å². The minimum Gasteiger partial charge on any atom is -0.493 e. The maximum atomic E-state index is 12.2. The van der Waals surface area contributed by atoms with Gasteiger partial charge in [-0.2, -0.15) is 0 Å². The summed E-state index contributed by atoms with van der Waals surface area (Å²) in [7, 11) is 1.50. The Morgan fingerprint density at radius 2 is 1.72 bits per heavy atom. The van der Waals surface area contributed by atoms with Crippen molar-refractivity contribution in [1.82, 2.24) is 0 Å². The Kier molecular flexibility index (Phi) is 6.27. The van der Waals surface area contributed by atoms with E-state index in [9.17, 15) is 9.59 Å². The van der Waals surface area contributed by atoms with Crippen LogP contribution < -0.4 is 14.8 Å². The van der Waals surface area contributed by atoms with Crippen LogP contribution >= 0.6 is 0 Å². The number of cyclic esters (lactones) is 1. The molecule has 3 aromatic rings. The van der Waals surface area contributed by atoms with E-state index in [1.807, 2.05) is 48.5 Å². The van der Waals surface area contributed by atoms with Crippen molar-refractivity contribution in [2.45, 2.75) is 0 Å². The topological polar surface area (TPSA) is 86.2 Å². The van der Waals surface area contributed by atoms with Gasteiger partial charge in [0.25, 0.3) is 5.91 Å². The van der Waals surface area contributed by atoms with E-state index in [2.05, 4.69) is 10.3 Å². The van der Waals surface area contributed by atoms with Crippen molar-refractivity contribution < 1.29 is 23.8 Å². The summed E-state index contributed by atoms with van der Waals surface area (Å²) in [5.74, 6) is 0.269. The Morgan fingerprint density at radius 3 is 2.44 bits per heavy atom. The minimum absolute atomic E-state index is 0.178. The van der Waals surface area contributed by atoms with Crippen LogP contribution in [-0.2, 0) is 14.3 Å². The predicted molar refractivity (Wildman–Crippen MR) is 121 cm³/mol. The highest BCUT2D eigenvalue weighted by atomic mass is 16.6. The number of amides is 1. The van der Waals surface area contributed by atoms with E-state index in [4.69, 9.17) is 14.2 Å². The Bertz CT molecular complexity index is 1190. The quantitative estimate of drug-likeness (QED) is 0.453. The van der Waals surface area contributed by atoms with Gasteiger partial charge in [-0.25, -0.2) is 9.79 Å². The fraction of sp³-hybridized carbons (Fsp3) is 0.0800. The molecular weight excluding hydrogens is 408 g/mol. The lowest BCUT2D eigenvalue weighted by molar-refractivity contribution is -0.130. The zero-order chi connectivity index (χ0) is 22.3. The highest BCUT2D eigenvalue weighted by Gasteiger charge is 2.24. The summed E-state index contributed by atoms with van der Waals surface area (Å²) in [4.78, 5) is 28.6. The molecular formula is C25H20N2O5. The molecule has 1 aliphatic heterocycles. The average Bonchev–Trinajstić information content (AvgIpc) is 3.19. The van der Waals surface area contributed by atoms with Gasteiger partial charge in [-0.15, -0.1) is 0 Å². The van der Waals surface area contributed by atoms with Crippen LogP contribution in [0.2, 0.25) is 0 Å². The number of rotatable bonds is 7. The first-order valence-electron chi connectivity index (χ1n) is 9.86. The van der Waals surface area contributed by atoms with Crippen LogP contribution in [-0.4, -0.2) is 31.5 Å². The van der Waals surface area contributed by atoms with Crippen molar-refractivity contribution in [2.24, 2.45) is 4.99 Å². The van der Waals surface area contributed by atoms with Gasteiger partial charge < -0.3 is 19.5 Å². The Morgan fingerprint density at radius 1 is 1.00 bits per heavy atom. The van der Waals surface area contributed by atoms with Gasteiger partial charge >= 0.3 is 5.97 Å². The Hall–Kier alpha value is -4.39. The molecule has 0 spiro atoms. The molecule has 0 bridgehead atoms. The smallest absolute Gasteiger partial charge is 0.363 e. The van der Waals surface area contributed by atoms with Crippen LogP contribution in [0.15, 0.2) is 89.6 Å². The summed E-state index contributed by atoms with van der Waals surface area (Å²) >= 11 is 0. The third-order valence-electron chi connectivity index (χ3n) is 4.55. The summed E-state index contributed by atoms with van der Waals surface area (Å²) in [6.07, 6.45) is 1.60. The molecule has 0 aliphatic carbocycles. The molecule has 0 fully saturated rings. The second-order valence-electron chi connectivity index (χ2n) is 6.82. The minimum atomic E-state index is -0.527. The van der Waals surface area contributed by atoms with Gasteiger partial charge in [0, 0.05) is 11.3 Å². The molecule has 1 heterocycles. The van der Waals surface area contributed by atoms with E-state index in [-0.39, 0.29) is 24.1 Å². The largest absolute Gasteiger partial charge is 0.493 e. The number of carbonyl (C=O) groups excluding carboxylic acids is 2. The molecule has 0 saturated heterocycles. The van der Waals surface area contributed by atoms with Crippen LogP contribution in [0, 0.1) is 0 Å². The first-order chi connectivity index (χ1) is 15.6. The van der Waals surface area contributed by atoms with E-state index >= 15 is 0 Å². The number of methoxy groups -OCH3 is 1. The Balaban J connectivity index is 1.46. The van der Waals surface area contributed by atoms with Gasteiger partial charge in [-0.1, -0.05) is 42.5 Å². The molecule has 1 aliphatic rings. The van der Waals surface area contributed by atoms with E-state index < -0.39 is 5.97 Å². The fourth-order valence-electron chi connectivity index (χ4n) is 3.03. The summed E-state index contributed by atoms with van der Waals surface area (Å²) in [5, 5.41) is 2.75. The average molecular weight is 428 g/mol. The van der Waals surface area contributed by atoms with Crippen LogP contribution in [0.4, 0.5) is 5.69 Å². The SMILES string of the molecule is COc1cc(C=C2N=C(c3ccccc3)OC2=O)ccc1OCC(=O)Nc1ccccc1. The summed E-state index contributed by atoms with van der Waals surface area (Å²) in [6.45, 7) is -0.178. The van der Waals surface area contributed by atoms with Gasteiger partial charge in [0.15, 0.2) is 23.8 Å². The summed E-state index contributed by atoms with van der Waals surface area (Å²) < 4.78 is 16.3. The molecule has 0 radical (unpaired) electrons. The number of para-hydroxylation sites is 1. The number of hydrogen-bond acceptors (Lipinski definition) is 6. The molecule has 0 saturated carbocycles. The molecule has 3 aromatic carbocycles. The third kappa shape index (κ3) is 5.02. The molecule has 0 unspecified atom stereocenters. The first-order valence-corrected chi connectivity index (χ1v) is 9.86. The number of anilines is 1. The zero-order valence-corrected chi connectivity index (χ0v) is 17.3. The summed E-state index contributed by atoms with van der Waals surface area (Å²) in [6, 6.07) is 23.4. The molecule has 1 amide bonds. The predicted octanol–water partition coefficient (Wildman–Crippen LogP) is 4.06. The number of ether oxygens (including phenoxy) is 3. The molecule has 1 N–H and O–H groups in total. The maximum absolute atomic E-state index is 12.2. The number of carbonyl (C=O) groups is 2. The number of hydrogen-bond donors (Lipinski definition) is 1. The summed E-state index contributed by atoms with van der Waals surface area (Å²) in [5.41, 5.74) is 2.27. The van der Waals surface area contributed by atoms with E-state index in [0.717, 1.165) is 5.56 Å². The molecule has 7 nitrogen and oxygen atoms in total. The lowest BCUT2D eigenvalue weighted by atomic mass is 10.1. The van der Waals surface area contributed by atoms with Crippen LogP contribution in [0.1, 0.15) is 11.1 Å². The lowest BCUT2D eigenvalue weighted by Gasteiger charge is -2.11. The van der Waals surface area contributed by atoms with Gasteiger partial charge in [-0.3, -0.25) is 4.79 Å². The van der Waals surface area contributed by atoms with Crippen LogP contribution in [0.25, 0.3) is 6.08 Å². The van der Waals surface area contributed by atoms with E-state index in [1.165, 1.54) is 7.11 Å². The van der Waals surface area contributed by atoms with E-state index in [0.29, 0.717) is 22.7 Å². The number of esters is 1. The number of aliphatic imine (C=N–C) groups is 1. The fourth-order valence-corrected chi connectivity index (χ4v) is 3.03. The number of nitrogens with one attached hydrogen (secondary N) is 1. The van der Waals surface area contributed by atoms with Crippen molar-refractivity contribution >= 4 is 29.5 Å². The molecule has 7 heteroatoms. The van der Waals surface area contributed by atoms with E-state index in [1.54, 1.807) is 36.4 Å². The number of nitrogens with zero attached hydrogens (tertiary/aromatic N) is 1. The molecule has 32 heavy (non-hydrogen) atoms. The van der Waals surface area contributed by atoms with Gasteiger partial charge in [0.05, 0.1) is 7.11 Å². The van der Waals surface area contributed by atoms with Gasteiger partial charge in [0.1, 0.15) is 0 Å². The van der Waals surface area contributed by atoms with Crippen LogP contribution in [0.3, 0.4) is 0 Å². The van der Waals surface area contributed by atoms with Gasteiger partial charge in [-0.05, 0) is 48.0 Å².